The number of nitrogens with one attached hydrogen (secondary N) is 2. The van der Waals surface area contributed by atoms with Crippen LogP contribution in [0.3, 0.4) is 0 Å². The molecule has 1 heterocycles. The van der Waals surface area contributed by atoms with Gasteiger partial charge in [-0.1, -0.05) is 42.5 Å². The van der Waals surface area contributed by atoms with Crippen molar-refractivity contribution >= 4 is 28.7 Å². The van der Waals surface area contributed by atoms with Crippen LogP contribution >= 0.6 is 0 Å². The van der Waals surface area contributed by atoms with E-state index in [4.69, 9.17) is 5.11 Å². The topological polar surface area (TPSA) is 104 Å². The van der Waals surface area contributed by atoms with Gasteiger partial charge in [0.2, 0.25) is 11.9 Å². The lowest BCUT2D eigenvalue weighted by Crippen LogP contribution is -2.30. The largest absolute Gasteiger partial charge is 0.481 e. The fourth-order valence-corrected chi connectivity index (χ4v) is 2.52. The lowest BCUT2D eigenvalue weighted by atomic mass is 10.1. The number of hydrazine groups is 1. The molecule has 0 aliphatic heterocycles. The first kappa shape index (κ1) is 17.3. The fourth-order valence-electron chi connectivity index (χ4n) is 2.52. The van der Waals surface area contributed by atoms with Gasteiger partial charge < -0.3 is 5.11 Å². The van der Waals surface area contributed by atoms with Crippen LogP contribution in [0.25, 0.3) is 22.2 Å². The number of hydrogen-bond donors (Lipinski definition) is 3. The quantitative estimate of drug-likeness (QED) is 0.591. The summed E-state index contributed by atoms with van der Waals surface area (Å²) in [7, 11) is 0. The van der Waals surface area contributed by atoms with Gasteiger partial charge in [0.25, 0.3) is 0 Å². The zero-order valence-corrected chi connectivity index (χ0v) is 14.2. The first-order valence-electron chi connectivity index (χ1n) is 8.13. The Balaban J connectivity index is 1.91. The highest BCUT2D eigenvalue weighted by Gasteiger charge is 2.11. The van der Waals surface area contributed by atoms with E-state index in [0.717, 1.165) is 27.7 Å². The van der Waals surface area contributed by atoms with Crippen LogP contribution in [0.15, 0.2) is 48.5 Å². The van der Waals surface area contributed by atoms with Crippen molar-refractivity contribution < 1.29 is 14.7 Å². The lowest BCUT2D eigenvalue weighted by Gasteiger charge is -2.11. The summed E-state index contributed by atoms with van der Waals surface area (Å²) in [6, 6.07) is 15.6. The van der Waals surface area contributed by atoms with Crippen LogP contribution in [-0.4, -0.2) is 27.0 Å². The maximum atomic E-state index is 11.7. The third kappa shape index (κ3) is 4.13. The molecule has 0 saturated carbocycles. The molecule has 26 heavy (non-hydrogen) atoms. The molecule has 2 aromatic carbocycles. The summed E-state index contributed by atoms with van der Waals surface area (Å²) in [4.78, 5) is 31.2. The van der Waals surface area contributed by atoms with E-state index >= 15 is 0 Å². The van der Waals surface area contributed by atoms with Crippen molar-refractivity contribution in [3.05, 3.63) is 54.1 Å². The molecule has 0 atom stereocenters. The summed E-state index contributed by atoms with van der Waals surface area (Å²) in [5.74, 6) is -1.23. The van der Waals surface area contributed by atoms with Gasteiger partial charge in [0, 0.05) is 17.4 Å². The second-order valence-corrected chi connectivity index (χ2v) is 5.85. The standard InChI is InChI=1S/C19H18N4O3/c1-12-7-8-14-15(11-12)20-19(23-22-16(24)9-10-17(25)26)21-18(14)13-5-3-2-4-6-13/h2-8,11H,9-10H2,1H3,(H,22,24)(H,25,26)(H,20,21,23). The molecule has 3 N–H and O–H groups in total. The molecule has 0 bridgehead atoms. The number of carboxylic acids is 1. The molecule has 0 aliphatic rings. The summed E-state index contributed by atoms with van der Waals surface area (Å²) in [5, 5.41) is 9.54. The van der Waals surface area contributed by atoms with Crippen molar-refractivity contribution in [2.45, 2.75) is 19.8 Å². The number of carbonyl (C=O) groups is 2. The Labute approximate surface area is 150 Å². The molecule has 1 amide bonds. The highest BCUT2D eigenvalue weighted by Crippen LogP contribution is 2.27. The fraction of sp³-hybridized carbons (Fsp3) is 0.158. The molecule has 0 aliphatic carbocycles. The number of rotatable bonds is 6. The monoisotopic (exact) mass is 350 g/mol. The summed E-state index contributed by atoms with van der Waals surface area (Å²) in [5.41, 5.74) is 8.61. The van der Waals surface area contributed by atoms with Crippen LogP contribution in [0.5, 0.6) is 0 Å². The van der Waals surface area contributed by atoms with Crippen molar-refractivity contribution in [1.82, 2.24) is 15.4 Å². The third-order valence-electron chi connectivity index (χ3n) is 3.78. The molecule has 1 aromatic heterocycles. The van der Waals surface area contributed by atoms with E-state index in [-0.39, 0.29) is 18.8 Å². The maximum absolute atomic E-state index is 11.7. The lowest BCUT2D eigenvalue weighted by molar-refractivity contribution is -0.138. The smallest absolute Gasteiger partial charge is 0.303 e. The van der Waals surface area contributed by atoms with Crippen molar-refractivity contribution in [2.24, 2.45) is 0 Å². The predicted molar refractivity (Wildman–Crippen MR) is 98.3 cm³/mol. The highest BCUT2D eigenvalue weighted by molar-refractivity contribution is 5.93. The van der Waals surface area contributed by atoms with E-state index in [1.807, 2.05) is 55.5 Å². The molecule has 0 unspecified atom stereocenters. The molecule has 0 radical (unpaired) electrons. The second kappa shape index (κ2) is 7.60. The number of nitrogens with zero attached hydrogens (tertiary/aromatic N) is 2. The van der Waals surface area contributed by atoms with Gasteiger partial charge in [0.05, 0.1) is 17.6 Å². The van der Waals surface area contributed by atoms with E-state index in [0.29, 0.717) is 0 Å². The number of anilines is 1. The first-order valence-corrected chi connectivity index (χ1v) is 8.13. The van der Waals surface area contributed by atoms with Crippen LogP contribution < -0.4 is 10.9 Å². The van der Waals surface area contributed by atoms with Gasteiger partial charge in [0.15, 0.2) is 0 Å². The number of aryl methyl sites for hydroxylation is 1. The van der Waals surface area contributed by atoms with E-state index < -0.39 is 11.9 Å². The van der Waals surface area contributed by atoms with Crippen molar-refractivity contribution in [1.29, 1.82) is 0 Å². The van der Waals surface area contributed by atoms with Gasteiger partial charge in [-0.2, -0.15) is 0 Å². The predicted octanol–water partition coefficient (Wildman–Crippen LogP) is 2.91. The van der Waals surface area contributed by atoms with Crippen molar-refractivity contribution in [3.8, 4) is 11.3 Å². The molecule has 132 valence electrons. The number of hydrogen-bond acceptors (Lipinski definition) is 5. The number of aliphatic carboxylic acids is 1. The van der Waals surface area contributed by atoms with E-state index in [1.165, 1.54) is 0 Å². The van der Waals surface area contributed by atoms with Gasteiger partial charge in [0.1, 0.15) is 0 Å². The Morgan fingerprint density at radius 2 is 1.81 bits per heavy atom. The molecule has 0 saturated heterocycles. The number of aromatic nitrogens is 2. The molecule has 3 aromatic rings. The Kier molecular flexibility index (Phi) is 5.07. The minimum Gasteiger partial charge on any atom is -0.481 e. The summed E-state index contributed by atoms with van der Waals surface area (Å²) >= 11 is 0. The van der Waals surface area contributed by atoms with Gasteiger partial charge >= 0.3 is 5.97 Å². The van der Waals surface area contributed by atoms with Crippen molar-refractivity contribution in [2.75, 3.05) is 5.43 Å². The normalized spacial score (nSPS) is 10.5. The molecule has 3 rings (SSSR count). The second-order valence-electron chi connectivity index (χ2n) is 5.85. The number of benzene rings is 2. The highest BCUT2D eigenvalue weighted by atomic mass is 16.4. The zero-order valence-electron chi connectivity index (χ0n) is 14.2. The van der Waals surface area contributed by atoms with E-state index in [2.05, 4.69) is 20.8 Å². The van der Waals surface area contributed by atoms with Crippen LogP contribution in [0.1, 0.15) is 18.4 Å². The summed E-state index contributed by atoms with van der Waals surface area (Å²) in [6.45, 7) is 1.98. The molecule has 0 spiro atoms. The van der Waals surface area contributed by atoms with Crippen LogP contribution in [-0.2, 0) is 9.59 Å². The van der Waals surface area contributed by atoms with Crippen molar-refractivity contribution in [3.63, 3.8) is 0 Å². The van der Waals surface area contributed by atoms with Crippen LogP contribution in [0.4, 0.5) is 5.95 Å². The van der Waals surface area contributed by atoms with Crippen LogP contribution in [0, 0.1) is 6.92 Å². The van der Waals surface area contributed by atoms with Gasteiger partial charge in [-0.15, -0.1) is 0 Å². The minimum absolute atomic E-state index is 0.124. The SMILES string of the molecule is Cc1ccc2c(-c3ccccc3)nc(NNC(=O)CCC(=O)O)nc2c1. The number of fused-ring (bicyclic) bond motifs is 1. The molecule has 7 heteroatoms. The molecule has 7 nitrogen and oxygen atoms in total. The average molecular weight is 350 g/mol. The molecular weight excluding hydrogens is 332 g/mol. The van der Waals surface area contributed by atoms with E-state index in [9.17, 15) is 9.59 Å². The Morgan fingerprint density at radius 3 is 2.54 bits per heavy atom. The van der Waals surface area contributed by atoms with Gasteiger partial charge in [-0.25, -0.2) is 9.97 Å². The number of carbonyl (C=O) groups excluding carboxylic acids is 1. The average Bonchev–Trinajstić information content (AvgIpc) is 2.64. The van der Waals surface area contributed by atoms with Crippen LogP contribution in [0.2, 0.25) is 0 Å². The summed E-state index contributed by atoms with van der Waals surface area (Å²) < 4.78 is 0. The number of carboxylic acid groups (broad SMARTS) is 1. The Hall–Kier alpha value is -3.48. The van der Waals surface area contributed by atoms with E-state index in [1.54, 1.807) is 0 Å². The van der Waals surface area contributed by atoms with Gasteiger partial charge in [-0.05, 0) is 18.6 Å². The molecule has 0 fully saturated rings. The molecular formula is C19H18N4O3. The number of amides is 1. The maximum Gasteiger partial charge on any atom is 0.303 e. The Bertz CT molecular complexity index is 958. The third-order valence-corrected chi connectivity index (χ3v) is 3.78. The first-order chi connectivity index (χ1) is 12.5. The minimum atomic E-state index is -1.02. The summed E-state index contributed by atoms with van der Waals surface area (Å²) in [6.07, 6.45) is -0.360. The zero-order chi connectivity index (χ0) is 18.5. The van der Waals surface area contributed by atoms with Gasteiger partial charge in [-0.3, -0.25) is 20.4 Å². The Morgan fingerprint density at radius 1 is 1.04 bits per heavy atom.